The fourth-order valence-electron chi connectivity index (χ4n) is 9.85. The highest BCUT2D eigenvalue weighted by Gasteiger charge is 2.60. The number of methoxy groups -OCH3 is 1. The molecule has 5 heterocycles. The quantitative estimate of drug-likeness (QED) is 0.0852. The molecule has 1 spiro atoms. The van der Waals surface area contributed by atoms with Crippen molar-refractivity contribution in [2.24, 2.45) is 23.7 Å². The first kappa shape index (κ1) is 43.2. The molecule has 14 atom stereocenters. The monoisotopic (exact) mass is 806 g/mol. The van der Waals surface area contributed by atoms with Crippen LogP contribution in [0.1, 0.15) is 91.2 Å². The van der Waals surface area contributed by atoms with Gasteiger partial charge in [0.05, 0.1) is 82.4 Å². The Bertz CT molecular complexity index is 1630. The van der Waals surface area contributed by atoms with Crippen molar-refractivity contribution in [2.75, 3.05) is 27.1 Å². The largest absolute Gasteiger partial charge is 0.497 e. The minimum Gasteiger partial charge on any atom is -0.497 e. The number of hydrogen-bond acceptors (Lipinski definition) is 11. The minimum absolute atomic E-state index is 0.0763. The molecule has 5 aliphatic rings. The minimum atomic E-state index is -0.668. The van der Waals surface area contributed by atoms with Gasteiger partial charge in [-0.05, 0) is 74.6 Å². The molecule has 0 aromatic heterocycles. The second-order valence-electron chi connectivity index (χ2n) is 17.3. The van der Waals surface area contributed by atoms with Crippen molar-refractivity contribution < 1.29 is 52.2 Å². The average molecular weight is 807 g/mol. The number of benzene rings is 2. The van der Waals surface area contributed by atoms with Crippen molar-refractivity contribution in [2.45, 2.75) is 154 Å². The molecule has 5 aliphatic heterocycles. The van der Waals surface area contributed by atoms with E-state index in [1.165, 1.54) is 0 Å². The lowest BCUT2D eigenvalue weighted by atomic mass is 9.76. The molecule has 5 saturated heterocycles. The van der Waals surface area contributed by atoms with Crippen LogP contribution in [0.5, 0.6) is 5.75 Å². The Morgan fingerprint density at radius 1 is 0.828 bits per heavy atom. The molecule has 2 aromatic carbocycles. The lowest BCUT2D eigenvalue weighted by Crippen LogP contribution is -2.61. The van der Waals surface area contributed by atoms with Crippen molar-refractivity contribution in [1.29, 1.82) is 0 Å². The first-order chi connectivity index (χ1) is 28.1. The van der Waals surface area contributed by atoms with Crippen molar-refractivity contribution in [3.8, 4) is 5.75 Å². The predicted octanol–water partition coefficient (Wildman–Crippen LogP) is 7.96. The van der Waals surface area contributed by atoms with Crippen LogP contribution in [0, 0.1) is 23.7 Å². The highest BCUT2D eigenvalue weighted by molar-refractivity contribution is 5.87. The SMILES string of the molecule is CCOC(=O)/C(C)=C/C[C@@H]1O[C@@H]2C[C@@H]3O[C@@H]4[C@@H](C)[C@H](C)[C@@]5(CCCO5)O[C@H]4[C@@H](OCOCc4ccccc4)[C@H](C)[C@H]3O[C@H]2C[C@@H](C)C[C@H]1OCc1ccc(OC)cc1. The summed E-state index contributed by atoms with van der Waals surface area (Å²) >= 11 is 0. The molecule has 7 rings (SSSR count). The third kappa shape index (κ3) is 9.84. The van der Waals surface area contributed by atoms with Gasteiger partial charge >= 0.3 is 5.97 Å². The maximum Gasteiger partial charge on any atom is 0.333 e. The molecule has 0 saturated carbocycles. The summed E-state index contributed by atoms with van der Waals surface area (Å²) in [4.78, 5) is 12.7. The van der Waals surface area contributed by atoms with Crippen molar-refractivity contribution in [3.05, 3.63) is 77.4 Å². The number of hydrogen-bond donors (Lipinski definition) is 0. The van der Waals surface area contributed by atoms with E-state index in [4.69, 9.17) is 47.4 Å². The zero-order valence-corrected chi connectivity index (χ0v) is 35.5. The Balaban J connectivity index is 1.13. The number of fused-ring (bicyclic) bond motifs is 3. The summed E-state index contributed by atoms with van der Waals surface area (Å²) in [5.41, 5.74) is 2.70. The molecular weight excluding hydrogens is 741 g/mol. The molecule has 0 amide bonds. The van der Waals surface area contributed by atoms with E-state index in [1.807, 2.05) is 55.5 Å². The Labute approximate surface area is 345 Å². The van der Waals surface area contributed by atoms with E-state index in [-0.39, 0.29) is 91.4 Å². The van der Waals surface area contributed by atoms with Crippen LogP contribution in [-0.4, -0.2) is 93.8 Å². The standard InChI is InChI=1S/C47H66O11/c1-8-51-46(48)30(3)15-20-37-38(52-27-35-16-18-36(49-7)19-17-35)23-29(2)24-39-40(55-37)25-41-42(56-39)32(5)43(53-28-50-26-34-13-10-9-11-14-34)45-44(57-41)31(4)33(6)47(58-45)21-12-22-54-47/h9-11,13-19,29,31-33,37-45H,8,12,20-28H2,1-7H3/b30-15+/t29-,31-,32+,33-,37-,38+,39-,40+,41-,42+,43-,44+,45-,47+/m0/s1. The zero-order chi connectivity index (χ0) is 40.8. The summed E-state index contributed by atoms with van der Waals surface area (Å²) in [7, 11) is 1.67. The van der Waals surface area contributed by atoms with Gasteiger partial charge in [0.25, 0.3) is 0 Å². The highest BCUT2D eigenvalue weighted by atomic mass is 16.7. The molecule has 11 nitrogen and oxygen atoms in total. The normalized spacial score (nSPS) is 37.8. The lowest BCUT2D eigenvalue weighted by molar-refractivity contribution is -0.343. The van der Waals surface area contributed by atoms with Crippen molar-refractivity contribution >= 4 is 5.97 Å². The van der Waals surface area contributed by atoms with Gasteiger partial charge in [0.2, 0.25) is 0 Å². The number of esters is 1. The van der Waals surface area contributed by atoms with Crippen molar-refractivity contribution in [1.82, 2.24) is 0 Å². The van der Waals surface area contributed by atoms with Crippen LogP contribution in [0.4, 0.5) is 0 Å². The Kier molecular flexibility index (Phi) is 14.7. The smallest absolute Gasteiger partial charge is 0.333 e. The fraction of sp³-hybridized carbons (Fsp3) is 0.681. The maximum absolute atomic E-state index is 12.7. The van der Waals surface area contributed by atoms with E-state index in [0.717, 1.165) is 42.6 Å². The van der Waals surface area contributed by atoms with Gasteiger partial charge in [-0.1, -0.05) is 76.2 Å². The van der Waals surface area contributed by atoms with Gasteiger partial charge in [0.15, 0.2) is 5.79 Å². The zero-order valence-electron chi connectivity index (χ0n) is 35.5. The van der Waals surface area contributed by atoms with Crippen LogP contribution >= 0.6 is 0 Å². The molecule has 58 heavy (non-hydrogen) atoms. The summed E-state index contributed by atoms with van der Waals surface area (Å²) < 4.78 is 65.4. The highest BCUT2D eigenvalue weighted by Crippen LogP contribution is 2.51. The molecule has 0 N–H and O–H groups in total. The third-order valence-electron chi connectivity index (χ3n) is 13.3. The topological polar surface area (TPSA) is 109 Å². The average Bonchev–Trinajstić information content (AvgIpc) is 3.67. The first-order valence-corrected chi connectivity index (χ1v) is 21.7. The summed E-state index contributed by atoms with van der Waals surface area (Å²) in [6.45, 7) is 14.6. The van der Waals surface area contributed by atoms with E-state index in [0.29, 0.717) is 44.8 Å². The van der Waals surface area contributed by atoms with Crippen LogP contribution in [-0.2, 0) is 60.6 Å². The summed E-state index contributed by atoms with van der Waals surface area (Å²) in [5, 5.41) is 0. The van der Waals surface area contributed by atoms with Crippen LogP contribution < -0.4 is 4.74 Å². The number of carbonyl (C=O) groups is 1. The van der Waals surface area contributed by atoms with Crippen LogP contribution in [0.25, 0.3) is 0 Å². The summed E-state index contributed by atoms with van der Waals surface area (Å²) in [5.74, 6) is 0.269. The third-order valence-corrected chi connectivity index (χ3v) is 13.3. The van der Waals surface area contributed by atoms with Gasteiger partial charge in [0, 0.05) is 30.3 Å². The molecule has 11 heteroatoms. The molecule has 0 radical (unpaired) electrons. The summed E-state index contributed by atoms with van der Waals surface area (Å²) in [6, 6.07) is 18.1. The van der Waals surface area contributed by atoms with Crippen LogP contribution in [0.2, 0.25) is 0 Å². The Morgan fingerprint density at radius 2 is 1.57 bits per heavy atom. The predicted molar refractivity (Wildman–Crippen MR) is 217 cm³/mol. The molecule has 2 aromatic rings. The molecule has 320 valence electrons. The van der Waals surface area contributed by atoms with Gasteiger partial charge in [-0.3, -0.25) is 0 Å². The van der Waals surface area contributed by atoms with Gasteiger partial charge in [0.1, 0.15) is 18.6 Å². The van der Waals surface area contributed by atoms with Gasteiger partial charge in [-0.15, -0.1) is 0 Å². The van der Waals surface area contributed by atoms with Gasteiger partial charge < -0.3 is 47.4 Å². The van der Waals surface area contributed by atoms with Crippen molar-refractivity contribution in [3.63, 3.8) is 0 Å². The van der Waals surface area contributed by atoms with E-state index in [1.54, 1.807) is 14.0 Å². The second kappa shape index (κ2) is 19.7. The first-order valence-electron chi connectivity index (χ1n) is 21.7. The molecule has 0 aliphatic carbocycles. The number of carbonyl (C=O) groups excluding carboxylic acids is 1. The van der Waals surface area contributed by atoms with Gasteiger partial charge in [-0.2, -0.15) is 0 Å². The van der Waals surface area contributed by atoms with Crippen LogP contribution in [0.3, 0.4) is 0 Å². The Morgan fingerprint density at radius 3 is 2.29 bits per heavy atom. The second-order valence-corrected chi connectivity index (χ2v) is 17.3. The molecule has 0 bridgehead atoms. The van der Waals surface area contributed by atoms with E-state index >= 15 is 0 Å². The molecule has 5 fully saturated rings. The number of ether oxygens (including phenoxy) is 10. The fourth-order valence-corrected chi connectivity index (χ4v) is 9.85. The summed E-state index contributed by atoms with van der Waals surface area (Å²) in [6.07, 6.45) is 4.02. The Hall–Kier alpha value is -2.87. The number of rotatable bonds is 13. The lowest BCUT2D eigenvalue weighted by Gasteiger charge is -2.51. The van der Waals surface area contributed by atoms with E-state index < -0.39 is 5.79 Å². The van der Waals surface area contributed by atoms with Crippen LogP contribution in [0.15, 0.2) is 66.2 Å². The maximum atomic E-state index is 12.7. The van der Waals surface area contributed by atoms with E-state index in [2.05, 4.69) is 39.8 Å². The molecule has 0 unspecified atom stereocenters. The van der Waals surface area contributed by atoms with E-state index in [9.17, 15) is 4.79 Å². The molecular formula is C47H66O11. The van der Waals surface area contributed by atoms with Gasteiger partial charge in [-0.25, -0.2) is 4.79 Å².